The van der Waals surface area contributed by atoms with E-state index in [1.807, 2.05) is 6.07 Å². The summed E-state index contributed by atoms with van der Waals surface area (Å²) >= 11 is 0. The summed E-state index contributed by atoms with van der Waals surface area (Å²) in [6, 6.07) is 6.69. The smallest absolute Gasteiger partial charge is 0.234 e. The van der Waals surface area contributed by atoms with Crippen molar-refractivity contribution in [1.82, 2.24) is 4.57 Å². The maximum atomic E-state index is 14.3. The summed E-state index contributed by atoms with van der Waals surface area (Å²) in [5.41, 5.74) is 1.55. The number of fused-ring (bicyclic) bond motifs is 1. The van der Waals surface area contributed by atoms with Gasteiger partial charge in [0, 0.05) is 5.56 Å². The maximum absolute atomic E-state index is 14.3. The number of nitrogens with one attached hydrogen (secondary N) is 1. The van der Waals surface area contributed by atoms with Crippen LogP contribution < -0.4 is 5.32 Å². The highest BCUT2D eigenvalue weighted by Crippen LogP contribution is 2.41. The minimum absolute atomic E-state index is 0.206. The second kappa shape index (κ2) is 4.19. The average molecular weight is 283 g/mol. The van der Waals surface area contributed by atoms with Crippen molar-refractivity contribution in [2.75, 3.05) is 5.32 Å². The van der Waals surface area contributed by atoms with Gasteiger partial charge in [0.05, 0.1) is 18.2 Å². The van der Waals surface area contributed by atoms with Crippen LogP contribution in [0.1, 0.15) is 19.4 Å². The third kappa shape index (κ3) is 1.76. The minimum Gasteiger partial charge on any atom is -0.364 e. The number of benzene rings is 1. The number of rotatable bonds is 1. The first-order chi connectivity index (χ1) is 9.86. The van der Waals surface area contributed by atoms with E-state index in [1.165, 1.54) is 6.07 Å². The summed E-state index contributed by atoms with van der Waals surface area (Å²) in [7, 11) is 1.77. The topological polar surface area (TPSA) is 38.4 Å². The summed E-state index contributed by atoms with van der Waals surface area (Å²) in [5.74, 6) is -0.173. The van der Waals surface area contributed by atoms with Gasteiger partial charge in [-0.1, -0.05) is 6.57 Å². The van der Waals surface area contributed by atoms with E-state index in [0.29, 0.717) is 16.9 Å². The zero-order chi connectivity index (χ0) is 15.4. The first kappa shape index (κ1) is 13.4. The Kier molecular flexibility index (Phi) is 2.67. The molecule has 0 unspecified atom stereocenters. The SMILES string of the molecule is [C-]#[N+]c1ccc(-c2cc(F)c3c(c2)C(C)(C)C(=O)N3)n1C. The molecule has 106 valence electrons. The third-order valence-electron chi connectivity index (χ3n) is 4.08. The fourth-order valence-corrected chi connectivity index (χ4v) is 2.67. The van der Waals surface area contributed by atoms with Gasteiger partial charge in [0.25, 0.3) is 0 Å². The summed E-state index contributed by atoms with van der Waals surface area (Å²) in [6.45, 7) is 10.6. The lowest BCUT2D eigenvalue weighted by atomic mass is 9.85. The van der Waals surface area contributed by atoms with Crippen molar-refractivity contribution in [1.29, 1.82) is 0 Å². The van der Waals surface area contributed by atoms with Gasteiger partial charge in [-0.05, 0) is 43.7 Å². The molecule has 0 saturated heterocycles. The molecule has 2 heterocycles. The van der Waals surface area contributed by atoms with E-state index in [2.05, 4.69) is 10.2 Å². The van der Waals surface area contributed by atoms with Crippen LogP contribution in [0.4, 0.5) is 15.9 Å². The number of amides is 1. The van der Waals surface area contributed by atoms with E-state index in [1.54, 1.807) is 37.6 Å². The number of nitrogens with zero attached hydrogens (tertiary/aromatic N) is 2. The Morgan fingerprint density at radius 3 is 2.67 bits per heavy atom. The van der Waals surface area contributed by atoms with Crippen LogP contribution in [-0.4, -0.2) is 10.5 Å². The predicted octanol–water partition coefficient (Wildman–Crippen LogP) is 3.61. The molecule has 0 spiro atoms. The van der Waals surface area contributed by atoms with Gasteiger partial charge in [-0.3, -0.25) is 9.36 Å². The van der Waals surface area contributed by atoms with Crippen LogP contribution in [0.2, 0.25) is 0 Å². The Hall–Kier alpha value is -2.61. The molecule has 0 fully saturated rings. The minimum atomic E-state index is -0.764. The highest BCUT2D eigenvalue weighted by molar-refractivity contribution is 6.06. The predicted molar refractivity (Wildman–Crippen MR) is 78.7 cm³/mol. The summed E-state index contributed by atoms with van der Waals surface area (Å²) in [4.78, 5) is 15.4. The van der Waals surface area contributed by atoms with Gasteiger partial charge in [0.1, 0.15) is 11.5 Å². The molecule has 1 aromatic carbocycles. The van der Waals surface area contributed by atoms with Crippen molar-refractivity contribution in [2.24, 2.45) is 7.05 Å². The molecule has 4 nitrogen and oxygen atoms in total. The summed E-state index contributed by atoms with van der Waals surface area (Å²) in [6.07, 6.45) is 0. The van der Waals surface area contributed by atoms with Crippen LogP contribution >= 0.6 is 0 Å². The Morgan fingerprint density at radius 2 is 2.05 bits per heavy atom. The van der Waals surface area contributed by atoms with Crippen LogP contribution in [0.25, 0.3) is 16.1 Å². The standard InChI is InChI=1S/C16H14FN3O/c1-16(2)10-7-9(8-11(17)14(10)19-15(16)21)12-5-6-13(18-3)20(12)4/h5-8H,1-2,4H3,(H,19,21). The molecule has 1 N–H and O–H groups in total. The lowest BCUT2D eigenvalue weighted by Gasteiger charge is -2.16. The van der Waals surface area contributed by atoms with Crippen molar-refractivity contribution in [2.45, 2.75) is 19.3 Å². The quantitative estimate of drug-likeness (QED) is 0.798. The molecular formula is C16H14FN3O. The number of halogens is 1. The molecule has 1 aliphatic heterocycles. The van der Waals surface area contributed by atoms with Gasteiger partial charge in [0.15, 0.2) is 0 Å². The molecule has 0 atom stereocenters. The van der Waals surface area contributed by atoms with E-state index < -0.39 is 11.2 Å². The van der Waals surface area contributed by atoms with Gasteiger partial charge < -0.3 is 10.2 Å². The molecule has 2 aromatic rings. The first-order valence-electron chi connectivity index (χ1n) is 6.55. The molecule has 0 bridgehead atoms. The normalized spacial score (nSPS) is 15.5. The molecule has 1 aromatic heterocycles. The van der Waals surface area contributed by atoms with Crippen molar-refractivity contribution < 1.29 is 9.18 Å². The van der Waals surface area contributed by atoms with E-state index in [0.717, 1.165) is 5.69 Å². The molecule has 0 aliphatic carbocycles. The van der Waals surface area contributed by atoms with Crippen molar-refractivity contribution in [3.63, 3.8) is 0 Å². The fraction of sp³-hybridized carbons (Fsp3) is 0.250. The number of anilines is 1. The average Bonchev–Trinajstić information content (AvgIpc) is 2.90. The van der Waals surface area contributed by atoms with Gasteiger partial charge >= 0.3 is 0 Å². The van der Waals surface area contributed by atoms with Crippen LogP contribution in [0.5, 0.6) is 0 Å². The number of carbonyl (C=O) groups excluding carboxylic acids is 1. The molecular weight excluding hydrogens is 269 g/mol. The molecule has 1 aliphatic rings. The van der Waals surface area contributed by atoms with E-state index in [4.69, 9.17) is 6.57 Å². The zero-order valence-electron chi connectivity index (χ0n) is 12.0. The highest BCUT2D eigenvalue weighted by Gasteiger charge is 2.40. The van der Waals surface area contributed by atoms with Gasteiger partial charge in [0.2, 0.25) is 11.7 Å². The summed E-state index contributed by atoms with van der Waals surface area (Å²) < 4.78 is 16.0. The van der Waals surface area contributed by atoms with Crippen LogP contribution in [0.3, 0.4) is 0 Å². The molecule has 0 saturated carbocycles. The number of carbonyl (C=O) groups is 1. The van der Waals surface area contributed by atoms with Crippen LogP contribution in [0.15, 0.2) is 24.3 Å². The number of hydrogen-bond donors (Lipinski definition) is 1. The van der Waals surface area contributed by atoms with E-state index >= 15 is 0 Å². The Balaban J connectivity index is 2.22. The lowest BCUT2D eigenvalue weighted by molar-refractivity contribution is -0.119. The van der Waals surface area contributed by atoms with Crippen LogP contribution in [-0.2, 0) is 17.3 Å². The van der Waals surface area contributed by atoms with Gasteiger partial charge in [-0.15, -0.1) is 0 Å². The molecule has 5 heteroatoms. The molecule has 1 amide bonds. The highest BCUT2D eigenvalue weighted by atomic mass is 19.1. The fourth-order valence-electron chi connectivity index (χ4n) is 2.67. The van der Waals surface area contributed by atoms with Crippen molar-refractivity contribution >= 4 is 17.4 Å². The van der Waals surface area contributed by atoms with E-state index in [-0.39, 0.29) is 11.6 Å². The van der Waals surface area contributed by atoms with Crippen molar-refractivity contribution in [3.05, 3.63) is 47.1 Å². The Bertz CT molecular complexity index is 812. The second-order valence-electron chi connectivity index (χ2n) is 5.71. The maximum Gasteiger partial charge on any atom is 0.234 e. The lowest BCUT2D eigenvalue weighted by Crippen LogP contribution is -2.26. The number of aromatic nitrogens is 1. The zero-order valence-corrected chi connectivity index (χ0v) is 12.0. The number of hydrogen-bond acceptors (Lipinski definition) is 1. The largest absolute Gasteiger partial charge is 0.364 e. The van der Waals surface area contributed by atoms with E-state index in [9.17, 15) is 9.18 Å². The van der Waals surface area contributed by atoms with Crippen molar-refractivity contribution in [3.8, 4) is 11.3 Å². The Morgan fingerprint density at radius 1 is 1.33 bits per heavy atom. The molecule has 0 radical (unpaired) electrons. The second-order valence-corrected chi connectivity index (χ2v) is 5.71. The third-order valence-corrected chi connectivity index (χ3v) is 4.08. The van der Waals surface area contributed by atoms with Crippen LogP contribution in [0, 0.1) is 12.4 Å². The Labute approximate surface area is 122 Å². The van der Waals surface area contributed by atoms with Gasteiger partial charge in [-0.25, -0.2) is 4.39 Å². The van der Waals surface area contributed by atoms with Gasteiger partial charge in [-0.2, -0.15) is 0 Å². The molecule has 3 rings (SSSR count). The summed E-state index contributed by atoms with van der Waals surface area (Å²) in [5, 5.41) is 2.60. The monoisotopic (exact) mass is 283 g/mol. The first-order valence-corrected chi connectivity index (χ1v) is 6.55. The molecule has 21 heavy (non-hydrogen) atoms.